The molecule has 0 aromatic heterocycles. The van der Waals surface area contributed by atoms with E-state index in [1.54, 1.807) is 0 Å². The first-order valence-corrected chi connectivity index (χ1v) is 6.01. The van der Waals surface area contributed by atoms with E-state index >= 15 is 0 Å². The Morgan fingerprint density at radius 1 is 1.38 bits per heavy atom. The standard InChI is InChI=1S/C13H27N3/c1-8-11(2)10-16(14-5)13(4)9-12(3)15(6)7/h9,11-12H,5,8,10H2,1-4,6-7H3/b13-9-. The summed E-state index contributed by atoms with van der Waals surface area (Å²) in [6, 6.07) is 0.418. The highest BCUT2D eigenvalue weighted by atomic mass is 15.4. The summed E-state index contributed by atoms with van der Waals surface area (Å²) in [7, 11) is 4.16. The third-order valence-corrected chi connectivity index (χ3v) is 3.06. The molecule has 16 heavy (non-hydrogen) atoms. The van der Waals surface area contributed by atoms with Crippen molar-refractivity contribution in [2.24, 2.45) is 11.0 Å². The van der Waals surface area contributed by atoms with Crippen LogP contribution in [0.2, 0.25) is 0 Å². The van der Waals surface area contributed by atoms with Crippen LogP contribution < -0.4 is 0 Å². The van der Waals surface area contributed by atoms with Crippen LogP contribution >= 0.6 is 0 Å². The third-order valence-electron chi connectivity index (χ3n) is 3.06. The molecule has 0 rings (SSSR count). The molecule has 3 heteroatoms. The SMILES string of the molecule is C=NN(CC(C)CC)/C(C)=C\C(C)N(C)C. The van der Waals surface area contributed by atoms with E-state index in [2.05, 4.69) is 64.6 Å². The number of hydrogen-bond acceptors (Lipinski definition) is 3. The van der Waals surface area contributed by atoms with Gasteiger partial charge in [-0.15, -0.1) is 0 Å². The van der Waals surface area contributed by atoms with Crippen LogP contribution in [0.3, 0.4) is 0 Å². The zero-order chi connectivity index (χ0) is 12.7. The molecule has 94 valence electrons. The lowest BCUT2D eigenvalue weighted by molar-refractivity contribution is 0.297. The first kappa shape index (κ1) is 15.2. The number of nitrogens with zero attached hydrogens (tertiary/aromatic N) is 3. The Kier molecular flexibility index (Phi) is 7.06. The van der Waals surface area contributed by atoms with E-state index in [9.17, 15) is 0 Å². The highest BCUT2D eigenvalue weighted by molar-refractivity contribution is 5.23. The number of rotatable bonds is 7. The molecule has 0 N–H and O–H groups in total. The van der Waals surface area contributed by atoms with Crippen molar-refractivity contribution in [3.63, 3.8) is 0 Å². The molecule has 0 aliphatic carbocycles. The number of likely N-dealkylation sites (N-methyl/N-ethyl adjacent to an activating group) is 1. The van der Waals surface area contributed by atoms with Gasteiger partial charge in [-0.25, -0.2) is 0 Å². The van der Waals surface area contributed by atoms with Gasteiger partial charge in [-0.2, -0.15) is 5.10 Å². The predicted octanol–water partition coefficient (Wildman–Crippen LogP) is 2.80. The molecule has 2 atom stereocenters. The topological polar surface area (TPSA) is 18.8 Å². The maximum Gasteiger partial charge on any atom is 0.0437 e. The largest absolute Gasteiger partial charge is 0.303 e. The van der Waals surface area contributed by atoms with Crippen LogP contribution in [0.25, 0.3) is 0 Å². The van der Waals surface area contributed by atoms with Crippen LogP contribution in [-0.4, -0.2) is 43.3 Å². The minimum absolute atomic E-state index is 0.418. The summed E-state index contributed by atoms with van der Waals surface area (Å²) in [5.74, 6) is 0.642. The molecule has 0 aliphatic heterocycles. The van der Waals surface area contributed by atoms with Gasteiger partial charge >= 0.3 is 0 Å². The van der Waals surface area contributed by atoms with E-state index in [1.807, 2.05) is 5.01 Å². The molecule has 0 amide bonds. The van der Waals surface area contributed by atoms with Crippen LogP contribution in [0.15, 0.2) is 16.9 Å². The van der Waals surface area contributed by atoms with Gasteiger partial charge in [-0.1, -0.05) is 20.3 Å². The Bertz CT molecular complexity index is 233. The van der Waals surface area contributed by atoms with Crippen LogP contribution in [-0.2, 0) is 0 Å². The minimum atomic E-state index is 0.418. The van der Waals surface area contributed by atoms with E-state index in [0.717, 1.165) is 6.54 Å². The van der Waals surface area contributed by atoms with Gasteiger partial charge < -0.3 is 4.90 Å². The third kappa shape index (κ3) is 5.31. The highest BCUT2D eigenvalue weighted by Crippen LogP contribution is 2.12. The molecule has 0 spiro atoms. The molecule has 0 saturated heterocycles. The van der Waals surface area contributed by atoms with Gasteiger partial charge in [-0.05, 0) is 39.9 Å². The number of hydrazone groups is 1. The summed E-state index contributed by atoms with van der Waals surface area (Å²) in [4.78, 5) is 2.17. The molecule has 0 aromatic carbocycles. The van der Waals surface area contributed by atoms with E-state index < -0.39 is 0 Å². The lowest BCUT2D eigenvalue weighted by atomic mass is 10.1. The van der Waals surface area contributed by atoms with E-state index in [4.69, 9.17) is 0 Å². The molecule has 0 aromatic rings. The van der Waals surface area contributed by atoms with Gasteiger partial charge in [0, 0.05) is 25.0 Å². The van der Waals surface area contributed by atoms with Gasteiger partial charge in [0.25, 0.3) is 0 Å². The molecule has 0 aliphatic rings. The fraction of sp³-hybridized carbons (Fsp3) is 0.769. The molecule has 0 heterocycles. The van der Waals surface area contributed by atoms with Crippen molar-refractivity contribution < 1.29 is 0 Å². The first-order chi connectivity index (χ1) is 7.42. The average Bonchev–Trinajstić information content (AvgIpc) is 2.24. The summed E-state index contributed by atoms with van der Waals surface area (Å²) >= 11 is 0. The van der Waals surface area contributed by atoms with Gasteiger partial charge in [0.15, 0.2) is 0 Å². The average molecular weight is 225 g/mol. The summed E-state index contributed by atoms with van der Waals surface area (Å²) < 4.78 is 0. The van der Waals surface area contributed by atoms with Crippen LogP contribution in [0.1, 0.15) is 34.1 Å². The Hall–Kier alpha value is -0.830. The summed E-state index contributed by atoms with van der Waals surface area (Å²) in [6.45, 7) is 13.3. The van der Waals surface area contributed by atoms with Crippen molar-refractivity contribution >= 4 is 6.72 Å². The van der Waals surface area contributed by atoms with E-state index in [1.165, 1.54) is 12.1 Å². The monoisotopic (exact) mass is 225 g/mol. The van der Waals surface area contributed by atoms with Gasteiger partial charge in [0.2, 0.25) is 0 Å². The van der Waals surface area contributed by atoms with Crippen molar-refractivity contribution in [1.82, 2.24) is 9.91 Å². The van der Waals surface area contributed by atoms with Gasteiger partial charge in [0.1, 0.15) is 0 Å². The zero-order valence-corrected chi connectivity index (χ0v) is 11.7. The van der Waals surface area contributed by atoms with Gasteiger partial charge in [0.05, 0.1) is 0 Å². The zero-order valence-electron chi connectivity index (χ0n) is 11.7. The fourth-order valence-electron chi connectivity index (χ4n) is 1.32. The molecular weight excluding hydrogens is 198 g/mol. The molecule has 0 fully saturated rings. The highest BCUT2D eigenvalue weighted by Gasteiger charge is 2.09. The van der Waals surface area contributed by atoms with Crippen molar-refractivity contribution in [3.05, 3.63) is 11.8 Å². The Morgan fingerprint density at radius 2 is 1.94 bits per heavy atom. The minimum Gasteiger partial charge on any atom is -0.303 e. The van der Waals surface area contributed by atoms with Crippen molar-refractivity contribution in [3.8, 4) is 0 Å². The number of allylic oxidation sites excluding steroid dienone is 1. The lowest BCUT2D eigenvalue weighted by Crippen LogP contribution is -2.26. The normalized spacial score (nSPS) is 16.1. The van der Waals surface area contributed by atoms with Crippen LogP contribution in [0, 0.1) is 5.92 Å². The van der Waals surface area contributed by atoms with Crippen LogP contribution in [0.5, 0.6) is 0 Å². The summed E-state index contributed by atoms with van der Waals surface area (Å²) in [5, 5.41) is 6.08. The molecule has 0 radical (unpaired) electrons. The Morgan fingerprint density at radius 3 is 2.31 bits per heavy atom. The Balaban J connectivity index is 4.51. The quantitative estimate of drug-likeness (QED) is 0.490. The first-order valence-electron chi connectivity index (χ1n) is 6.01. The lowest BCUT2D eigenvalue weighted by Gasteiger charge is -2.25. The summed E-state index contributed by atoms with van der Waals surface area (Å²) in [6.07, 6.45) is 3.39. The molecule has 0 bridgehead atoms. The second-order valence-electron chi connectivity index (χ2n) is 4.75. The second kappa shape index (κ2) is 7.44. The maximum absolute atomic E-state index is 4.08. The molecule has 0 saturated carbocycles. The predicted molar refractivity (Wildman–Crippen MR) is 72.6 cm³/mol. The Labute approximate surface area is 101 Å². The van der Waals surface area contributed by atoms with Gasteiger partial charge in [-0.3, -0.25) is 5.01 Å². The summed E-state index contributed by atoms with van der Waals surface area (Å²) in [5.41, 5.74) is 1.18. The molecule has 2 unspecified atom stereocenters. The smallest absolute Gasteiger partial charge is 0.0437 e. The second-order valence-corrected chi connectivity index (χ2v) is 4.75. The number of hydrogen-bond donors (Lipinski definition) is 0. The van der Waals surface area contributed by atoms with Crippen LogP contribution in [0.4, 0.5) is 0 Å². The molecular formula is C13H27N3. The van der Waals surface area contributed by atoms with Crippen molar-refractivity contribution in [1.29, 1.82) is 0 Å². The van der Waals surface area contributed by atoms with Crippen molar-refractivity contribution in [2.45, 2.75) is 40.2 Å². The van der Waals surface area contributed by atoms with E-state index in [0.29, 0.717) is 12.0 Å². The molecule has 3 nitrogen and oxygen atoms in total. The van der Waals surface area contributed by atoms with E-state index in [-0.39, 0.29) is 0 Å². The van der Waals surface area contributed by atoms with Crippen molar-refractivity contribution in [2.75, 3.05) is 20.6 Å². The fourth-order valence-corrected chi connectivity index (χ4v) is 1.32. The maximum atomic E-state index is 4.08.